The molecule has 2 heterocycles. The van der Waals surface area contributed by atoms with Gasteiger partial charge in [-0.05, 0) is 75.6 Å². The molecular weight excluding hydrogens is 476 g/mol. The first kappa shape index (κ1) is 24.9. The third-order valence-corrected chi connectivity index (χ3v) is 9.28. The van der Waals surface area contributed by atoms with E-state index in [-0.39, 0.29) is 42.9 Å². The number of phenolic OH excluding ortho intramolecular Hbond substituents is 1. The number of piperidine rings is 1. The number of amides is 2. The van der Waals surface area contributed by atoms with Gasteiger partial charge < -0.3 is 36.1 Å². The number of nitrogens with zero attached hydrogens (tertiary/aromatic N) is 1. The van der Waals surface area contributed by atoms with Crippen LogP contribution in [0.2, 0.25) is 0 Å². The Labute approximate surface area is 216 Å². The number of phenols is 1. The standard InChI is InChI=1S/C27H38N4O6/c28-9-1-10-29-21(33)14-36-15-22(34)30-18-6-7-27(35)20-12-17-4-5-19(32)24-23(17)26(27,25(18)37-24)8-11-31(20)13-16-2-3-16/h4-5,16,18,20,25,32,35H,1-3,6-15,28H2,(H,29,33)(H,30,34)/t18-,20-,25+,26+,27-/m1/s1. The molecule has 1 spiro atoms. The maximum Gasteiger partial charge on any atom is 0.246 e. The Balaban J connectivity index is 1.20. The zero-order chi connectivity index (χ0) is 25.8. The van der Waals surface area contributed by atoms with E-state index < -0.39 is 17.1 Å². The van der Waals surface area contributed by atoms with Gasteiger partial charge in [0.25, 0.3) is 0 Å². The van der Waals surface area contributed by atoms with Crippen LogP contribution in [0.15, 0.2) is 12.1 Å². The number of ether oxygens (including phenoxy) is 2. The van der Waals surface area contributed by atoms with Gasteiger partial charge in [-0.2, -0.15) is 0 Å². The molecule has 37 heavy (non-hydrogen) atoms. The molecule has 1 aromatic rings. The predicted molar refractivity (Wildman–Crippen MR) is 134 cm³/mol. The molecule has 2 amide bonds. The van der Waals surface area contributed by atoms with Crippen LogP contribution in [-0.4, -0.2) is 90.1 Å². The topological polar surface area (TPSA) is 146 Å². The van der Waals surface area contributed by atoms with Crippen molar-refractivity contribution >= 4 is 11.8 Å². The van der Waals surface area contributed by atoms with E-state index >= 15 is 0 Å². The molecule has 6 rings (SSSR count). The van der Waals surface area contributed by atoms with Gasteiger partial charge in [-0.1, -0.05) is 6.07 Å². The zero-order valence-electron chi connectivity index (χ0n) is 21.2. The fourth-order valence-electron chi connectivity index (χ4n) is 7.50. The molecule has 10 nitrogen and oxygen atoms in total. The van der Waals surface area contributed by atoms with Gasteiger partial charge in [-0.15, -0.1) is 0 Å². The van der Waals surface area contributed by atoms with Gasteiger partial charge in [-0.25, -0.2) is 0 Å². The van der Waals surface area contributed by atoms with Gasteiger partial charge in [0.05, 0.1) is 17.1 Å². The van der Waals surface area contributed by atoms with Crippen LogP contribution in [0.5, 0.6) is 11.5 Å². The lowest BCUT2D eigenvalue weighted by Gasteiger charge is -2.64. The molecule has 3 aliphatic carbocycles. The van der Waals surface area contributed by atoms with Crippen molar-refractivity contribution in [1.82, 2.24) is 15.5 Å². The molecule has 0 aromatic heterocycles. The predicted octanol–water partition coefficient (Wildman–Crippen LogP) is -0.0773. The molecule has 6 N–H and O–H groups in total. The van der Waals surface area contributed by atoms with Crippen LogP contribution >= 0.6 is 0 Å². The number of hydrogen-bond acceptors (Lipinski definition) is 8. The summed E-state index contributed by atoms with van der Waals surface area (Å²) in [6.07, 6.45) is 5.28. The molecular formula is C27H38N4O6. The fraction of sp³-hybridized carbons (Fsp3) is 0.704. The summed E-state index contributed by atoms with van der Waals surface area (Å²) in [5, 5.41) is 28.9. The van der Waals surface area contributed by atoms with E-state index in [4.69, 9.17) is 15.2 Å². The van der Waals surface area contributed by atoms with Crippen LogP contribution < -0.4 is 21.1 Å². The van der Waals surface area contributed by atoms with Crippen molar-refractivity contribution in [2.24, 2.45) is 11.7 Å². The number of nitrogens with one attached hydrogen (secondary N) is 2. The Morgan fingerprint density at radius 3 is 2.78 bits per heavy atom. The highest BCUT2D eigenvalue weighted by Gasteiger charge is 2.73. The normalized spacial score (nSPS) is 33.4. The molecule has 2 bridgehead atoms. The third-order valence-electron chi connectivity index (χ3n) is 9.28. The smallest absolute Gasteiger partial charge is 0.246 e. The largest absolute Gasteiger partial charge is 0.504 e. The summed E-state index contributed by atoms with van der Waals surface area (Å²) in [5.74, 6) is 0.651. The fourth-order valence-corrected chi connectivity index (χ4v) is 7.50. The highest BCUT2D eigenvalue weighted by molar-refractivity contribution is 5.80. The molecule has 0 unspecified atom stereocenters. The number of rotatable bonds is 10. The lowest BCUT2D eigenvalue weighted by Crippen LogP contribution is -2.78. The minimum atomic E-state index is -0.990. The average molecular weight is 515 g/mol. The van der Waals surface area contributed by atoms with Crippen molar-refractivity contribution in [2.45, 2.75) is 74.1 Å². The number of aliphatic hydroxyl groups is 1. The van der Waals surface area contributed by atoms with Gasteiger partial charge in [0, 0.05) is 24.7 Å². The second-order valence-corrected chi connectivity index (χ2v) is 11.5. The summed E-state index contributed by atoms with van der Waals surface area (Å²) in [6.45, 7) is 2.41. The number of carbonyl (C=O) groups excluding carboxylic acids is 2. The van der Waals surface area contributed by atoms with Crippen molar-refractivity contribution in [2.75, 3.05) is 39.4 Å². The first-order valence-corrected chi connectivity index (χ1v) is 13.7. The van der Waals surface area contributed by atoms with Crippen molar-refractivity contribution in [3.8, 4) is 11.5 Å². The molecule has 3 fully saturated rings. The van der Waals surface area contributed by atoms with E-state index in [1.807, 2.05) is 6.07 Å². The first-order valence-electron chi connectivity index (χ1n) is 13.7. The van der Waals surface area contributed by atoms with Crippen molar-refractivity contribution in [1.29, 1.82) is 0 Å². The van der Waals surface area contributed by atoms with Crippen molar-refractivity contribution < 1.29 is 29.3 Å². The van der Waals surface area contributed by atoms with Gasteiger partial charge in [0.2, 0.25) is 11.8 Å². The van der Waals surface area contributed by atoms with E-state index in [1.165, 1.54) is 12.8 Å². The number of carbonyl (C=O) groups is 2. The van der Waals surface area contributed by atoms with Crippen LogP contribution in [0.4, 0.5) is 0 Å². The Morgan fingerprint density at radius 2 is 2.00 bits per heavy atom. The van der Waals surface area contributed by atoms with E-state index in [2.05, 4.69) is 15.5 Å². The summed E-state index contributed by atoms with van der Waals surface area (Å²) in [6, 6.07) is 3.31. The number of aromatic hydroxyl groups is 1. The number of hydrogen-bond donors (Lipinski definition) is 5. The van der Waals surface area contributed by atoms with E-state index in [0.29, 0.717) is 44.5 Å². The van der Waals surface area contributed by atoms with Crippen LogP contribution in [-0.2, 0) is 26.2 Å². The molecule has 0 radical (unpaired) electrons. The number of nitrogens with two attached hydrogens (primary N) is 1. The Hall–Kier alpha value is -2.40. The van der Waals surface area contributed by atoms with Crippen LogP contribution in [0.25, 0.3) is 0 Å². The second kappa shape index (κ2) is 9.41. The van der Waals surface area contributed by atoms with E-state index in [1.54, 1.807) is 6.07 Å². The van der Waals surface area contributed by atoms with Gasteiger partial charge in [0.15, 0.2) is 11.5 Å². The lowest BCUT2D eigenvalue weighted by atomic mass is 9.48. The second-order valence-electron chi connectivity index (χ2n) is 11.5. The molecule has 1 aromatic carbocycles. The van der Waals surface area contributed by atoms with E-state index in [9.17, 15) is 19.8 Å². The van der Waals surface area contributed by atoms with Gasteiger partial charge >= 0.3 is 0 Å². The Morgan fingerprint density at radius 1 is 1.19 bits per heavy atom. The molecule has 5 aliphatic rings. The molecule has 2 saturated carbocycles. The maximum atomic E-state index is 12.8. The molecule has 5 atom stereocenters. The van der Waals surface area contributed by atoms with Crippen LogP contribution in [0.1, 0.15) is 49.7 Å². The minimum absolute atomic E-state index is 0.00582. The first-order chi connectivity index (χ1) is 17.9. The summed E-state index contributed by atoms with van der Waals surface area (Å²) in [4.78, 5) is 27.1. The summed E-state index contributed by atoms with van der Waals surface area (Å²) < 4.78 is 11.8. The van der Waals surface area contributed by atoms with Crippen LogP contribution in [0, 0.1) is 5.92 Å². The van der Waals surface area contributed by atoms with E-state index in [0.717, 1.165) is 36.6 Å². The monoisotopic (exact) mass is 514 g/mol. The quantitative estimate of drug-likeness (QED) is 0.273. The summed E-state index contributed by atoms with van der Waals surface area (Å²) in [7, 11) is 0. The minimum Gasteiger partial charge on any atom is -0.504 e. The van der Waals surface area contributed by atoms with Crippen molar-refractivity contribution in [3.63, 3.8) is 0 Å². The highest BCUT2D eigenvalue weighted by Crippen LogP contribution is 2.65. The lowest BCUT2D eigenvalue weighted by molar-refractivity contribution is -0.192. The molecule has 2 aliphatic heterocycles. The highest BCUT2D eigenvalue weighted by atomic mass is 16.5. The van der Waals surface area contributed by atoms with Gasteiger partial charge in [-0.3, -0.25) is 14.5 Å². The average Bonchev–Trinajstić information content (AvgIpc) is 3.61. The van der Waals surface area contributed by atoms with Crippen molar-refractivity contribution in [3.05, 3.63) is 23.3 Å². The third kappa shape index (κ3) is 4.00. The summed E-state index contributed by atoms with van der Waals surface area (Å²) >= 11 is 0. The Bertz CT molecular complexity index is 1080. The SMILES string of the molecule is NCCCNC(=O)COCC(=O)N[C@@H]1CC[C@@]2(O)[C@H]3Cc4ccc(O)c5c4[C@@]2(CCN3CC2CC2)[C@H]1O5. The molecule has 10 heteroatoms. The summed E-state index contributed by atoms with van der Waals surface area (Å²) in [5.41, 5.74) is 5.82. The zero-order valence-corrected chi connectivity index (χ0v) is 21.2. The Kier molecular flexibility index (Phi) is 6.34. The van der Waals surface area contributed by atoms with Gasteiger partial charge in [0.1, 0.15) is 19.3 Å². The number of benzene rings is 1. The molecule has 1 saturated heterocycles. The maximum absolute atomic E-state index is 12.8. The number of likely N-dealkylation sites (tertiary alicyclic amines) is 1. The molecule has 202 valence electrons. The van der Waals surface area contributed by atoms with Crippen LogP contribution in [0.3, 0.4) is 0 Å².